The molecule has 0 saturated heterocycles. The molecule has 20 heavy (non-hydrogen) atoms. The molecule has 1 aliphatic rings. The van der Waals surface area contributed by atoms with Gasteiger partial charge in [-0.2, -0.15) is 0 Å². The van der Waals surface area contributed by atoms with Crippen LogP contribution < -0.4 is 4.74 Å². The van der Waals surface area contributed by atoms with Crippen molar-refractivity contribution in [3.8, 4) is 5.75 Å². The molecule has 0 spiro atoms. The van der Waals surface area contributed by atoms with Gasteiger partial charge in [0.2, 0.25) is 0 Å². The number of rotatable bonds is 3. The SMILES string of the molecule is COCc1c2c(c(OC)c3occ(C)c13)C=CCC2C. The van der Waals surface area contributed by atoms with Crippen molar-refractivity contribution >= 4 is 17.0 Å². The summed E-state index contributed by atoms with van der Waals surface area (Å²) in [6.45, 7) is 4.92. The van der Waals surface area contributed by atoms with E-state index in [0.717, 1.165) is 34.3 Å². The molecule has 0 N–H and O–H groups in total. The lowest BCUT2D eigenvalue weighted by Gasteiger charge is -2.24. The molecule has 1 heterocycles. The molecule has 1 aliphatic carbocycles. The zero-order chi connectivity index (χ0) is 14.3. The van der Waals surface area contributed by atoms with Gasteiger partial charge in [-0.25, -0.2) is 0 Å². The predicted molar refractivity (Wildman–Crippen MR) is 80.3 cm³/mol. The van der Waals surface area contributed by atoms with E-state index in [1.165, 1.54) is 11.1 Å². The van der Waals surface area contributed by atoms with E-state index >= 15 is 0 Å². The minimum Gasteiger partial charge on any atom is -0.492 e. The highest BCUT2D eigenvalue weighted by Crippen LogP contribution is 2.45. The average Bonchev–Trinajstić information content (AvgIpc) is 2.81. The highest BCUT2D eigenvalue weighted by Gasteiger charge is 2.26. The number of allylic oxidation sites excluding steroid dienone is 1. The molecule has 0 bridgehead atoms. The summed E-state index contributed by atoms with van der Waals surface area (Å²) in [7, 11) is 3.44. The van der Waals surface area contributed by atoms with Crippen LogP contribution in [-0.2, 0) is 11.3 Å². The lowest BCUT2D eigenvalue weighted by Crippen LogP contribution is -2.08. The maximum atomic E-state index is 5.74. The zero-order valence-electron chi connectivity index (χ0n) is 12.4. The van der Waals surface area contributed by atoms with Crippen molar-refractivity contribution in [2.45, 2.75) is 32.8 Å². The lowest BCUT2D eigenvalue weighted by molar-refractivity contribution is 0.185. The number of aryl methyl sites for hydroxylation is 1. The van der Waals surface area contributed by atoms with Crippen LogP contribution >= 0.6 is 0 Å². The molecule has 2 aromatic rings. The van der Waals surface area contributed by atoms with Gasteiger partial charge in [-0.3, -0.25) is 0 Å². The summed E-state index contributed by atoms with van der Waals surface area (Å²) in [5.41, 5.74) is 5.68. The molecule has 3 rings (SSSR count). The Morgan fingerprint density at radius 1 is 1.35 bits per heavy atom. The number of fused-ring (bicyclic) bond motifs is 2. The van der Waals surface area contributed by atoms with Crippen LogP contribution in [0.4, 0.5) is 0 Å². The molecule has 1 aromatic heterocycles. The minimum absolute atomic E-state index is 0.466. The monoisotopic (exact) mass is 272 g/mol. The van der Waals surface area contributed by atoms with Crippen LogP contribution in [-0.4, -0.2) is 14.2 Å². The van der Waals surface area contributed by atoms with Crippen molar-refractivity contribution in [2.75, 3.05) is 14.2 Å². The normalized spacial score (nSPS) is 17.5. The number of hydrogen-bond acceptors (Lipinski definition) is 3. The van der Waals surface area contributed by atoms with Gasteiger partial charge in [0.25, 0.3) is 0 Å². The topological polar surface area (TPSA) is 31.6 Å². The van der Waals surface area contributed by atoms with Crippen LogP contribution in [0.25, 0.3) is 17.0 Å². The maximum absolute atomic E-state index is 5.74. The van der Waals surface area contributed by atoms with E-state index < -0.39 is 0 Å². The Morgan fingerprint density at radius 2 is 2.15 bits per heavy atom. The minimum atomic E-state index is 0.466. The van der Waals surface area contributed by atoms with Crippen molar-refractivity contribution < 1.29 is 13.9 Å². The molecule has 0 fully saturated rings. The first kappa shape index (κ1) is 13.3. The van der Waals surface area contributed by atoms with E-state index in [-0.39, 0.29) is 0 Å². The standard InChI is InChI=1S/C17H20O3/c1-10-6-5-7-12-14(10)13(9-18-3)15-11(2)8-20-17(15)16(12)19-4/h5,7-8,10H,6,9H2,1-4H3. The van der Waals surface area contributed by atoms with Gasteiger partial charge in [0.05, 0.1) is 20.0 Å². The van der Waals surface area contributed by atoms with Gasteiger partial charge in [0.15, 0.2) is 11.3 Å². The first-order valence-electron chi connectivity index (χ1n) is 6.95. The molecule has 0 aliphatic heterocycles. The number of ether oxygens (including phenoxy) is 2. The molecule has 1 unspecified atom stereocenters. The third-order valence-corrected chi connectivity index (χ3v) is 4.10. The Hall–Kier alpha value is -1.74. The van der Waals surface area contributed by atoms with E-state index in [4.69, 9.17) is 13.9 Å². The Morgan fingerprint density at radius 3 is 2.85 bits per heavy atom. The summed E-state index contributed by atoms with van der Waals surface area (Å²) in [6.07, 6.45) is 7.19. The fourth-order valence-electron chi connectivity index (χ4n) is 3.26. The first-order chi connectivity index (χ1) is 9.69. The molecule has 0 radical (unpaired) electrons. The van der Waals surface area contributed by atoms with E-state index in [1.54, 1.807) is 20.5 Å². The van der Waals surface area contributed by atoms with E-state index in [1.807, 2.05) is 0 Å². The largest absolute Gasteiger partial charge is 0.492 e. The van der Waals surface area contributed by atoms with E-state index in [9.17, 15) is 0 Å². The molecular formula is C17H20O3. The van der Waals surface area contributed by atoms with Crippen LogP contribution in [0, 0.1) is 6.92 Å². The maximum Gasteiger partial charge on any atom is 0.176 e. The Labute approximate surface area is 119 Å². The third kappa shape index (κ3) is 1.77. The molecule has 3 heteroatoms. The van der Waals surface area contributed by atoms with Crippen molar-refractivity contribution in [1.82, 2.24) is 0 Å². The van der Waals surface area contributed by atoms with Gasteiger partial charge >= 0.3 is 0 Å². The number of benzene rings is 1. The van der Waals surface area contributed by atoms with Crippen LogP contribution in [0.1, 0.15) is 41.5 Å². The van der Waals surface area contributed by atoms with Gasteiger partial charge < -0.3 is 13.9 Å². The fraction of sp³-hybridized carbons (Fsp3) is 0.412. The first-order valence-corrected chi connectivity index (χ1v) is 6.95. The molecule has 1 aromatic carbocycles. The smallest absolute Gasteiger partial charge is 0.176 e. The summed E-state index contributed by atoms with van der Waals surface area (Å²) < 4.78 is 16.8. The zero-order valence-corrected chi connectivity index (χ0v) is 12.4. The van der Waals surface area contributed by atoms with Crippen LogP contribution in [0.15, 0.2) is 16.8 Å². The Kier molecular flexibility index (Phi) is 3.30. The molecule has 3 nitrogen and oxygen atoms in total. The van der Waals surface area contributed by atoms with E-state index in [2.05, 4.69) is 26.0 Å². The summed E-state index contributed by atoms with van der Waals surface area (Å²) in [4.78, 5) is 0. The second-order valence-electron chi connectivity index (χ2n) is 5.43. The van der Waals surface area contributed by atoms with Gasteiger partial charge in [0.1, 0.15) is 0 Å². The lowest BCUT2D eigenvalue weighted by atomic mass is 9.82. The van der Waals surface area contributed by atoms with Crippen molar-refractivity contribution in [1.29, 1.82) is 0 Å². The van der Waals surface area contributed by atoms with Crippen LogP contribution in [0.3, 0.4) is 0 Å². The summed E-state index contributed by atoms with van der Waals surface area (Å²) in [5, 5.41) is 1.14. The second-order valence-corrected chi connectivity index (χ2v) is 5.43. The average molecular weight is 272 g/mol. The van der Waals surface area contributed by atoms with Crippen molar-refractivity contribution in [3.05, 3.63) is 34.6 Å². The molecule has 1 atom stereocenters. The third-order valence-electron chi connectivity index (χ3n) is 4.10. The van der Waals surface area contributed by atoms with Gasteiger partial charge in [-0.05, 0) is 36.0 Å². The summed E-state index contributed by atoms with van der Waals surface area (Å²) in [5.74, 6) is 1.30. The Balaban J connectivity index is 2.46. The quantitative estimate of drug-likeness (QED) is 0.829. The number of methoxy groups -OCH3 is 2. The number of furan rings is 1. The fourth-order valence-corrected chi connectivity index (χ4v) is 3.26. The molecular weight excluding hydrogens is 252 g/mol. The number of hydrogen-bond donors (Lipinski definition) is 0. The van der Waals surface area contributed by atoms with Crippen molar-refractivity contribution in [2.24, 2.45) is 0 Å². The second kappa shape index (κ2) is 4.98. The highest BCUT2D eigenvalue weighted by atomic mass is 16.5. The van der Waals surface area contributed by atoms with Crippen LogP contribution in [0.5, 0.6) is 5.75 Å². The summed E-state index contributed by atoms with van der Waals surface area (Å²) in [6, 6.07) is 0. The van der Waals surface area contributed by atoms with Gasteiger partial charge in [-0.15, -0.1) is 0 Å². The molecule has 0 saturated carbocycles. The summed E-state index contributed by atoms with van der Waals surface area (Å²) >= 11 is 0. The van der Waals surface area contributed by atoms with Gasteiger partial charge in [0, 0.05) is 18.1 Å². The van der Waals surface area contributed by atoms with Crippen LogP contribution in [0.2, 0.25) is 0 Å². The molecule has 106 valence electrons. The predicted octanol–water partition coefficient (Wildman–Crippen LogP) is 4.42. The highest BCUT2D eigenvalue weighted by molar-refractivity contribution is 5.95. The Bertz CT molecular complexity index is 679. The molecule has 0 amide bonds. The van der Waals surface area contributed by atoms with Gasteiger partial charge in [-0.1, -0.05) is 19.1 Å². The van der Waals surface area contributed by atoms with E-state index in [0.29, 0.717) is 12.5 Å². The van der Waals surface area contributed by atoms with Crippen molar-refractivity contribution in [3.63, 3.8) is 0 Å².